The van der Waals surface area contributed by atoms with Crippen LogP contribution in [0.25, 0.3) is 0 Å². The lowest BCUT2D eigenvalue weighted by Gasteiger charge is -2.33. The third-order valence-corrected chi connectivity index (χ3v) is 4.71. The van der Waals surface area contributed by atoms with Crippen molar-refractivity contribution in [2.75, 3.05) is 35.7 Å². The van der Waals surface area contributed by atoms with E-state index in [1.807, 2.05) is 13.1 Å². The van der Waals surface area contributed by atoms with Crippen LogP contribution < -0.4 is 15.5 Å². The molecule has 1 aliphatic rings. The number of carbonyl (C=O) groups is 1. The van der Waals surface area contributed by atoms with E-state index in [0.29, 0.717) is 5.15 Å². The molecular weight excluding hydrogens is 342 g/mol. The Hall–Kier alpha value is -2.35. The number of amides is 1. The van der Waals surface area contributed by atoms with E-state index in [1.165, 1.54) is 6.33 Å². The second-order valence-corrected chi connectivity index (χ2v) is 6.31. The van der Waals surface area contributed by atoms with Crippen LogP contribution in [0.5, 0.6) is 0 Å². The molecule has 3 heterocycles. The molecular formula is C16H22ClN7O. The molecule has 1 saturated heterocycles. The number of aryl methyl sites for hydroxylation is 1. The predicted octanol–water partition coefficient (Wildman–Crippen LogP) is 2.24. The molecule has 0 atom stereocenters. The molecule has 25 heavy (non-hydrogen) atoms. The Kier molecular flexibility index (Phi) is 5.37. The van der Waals surface area contributed by atoms with E-state index in [1.54, 1.807) is 17.9 Å². The first-order chi connectivity index (χ1) is 12.1. The second-order valence-electron chi connectivity index (χ2n) is 5.95. The molecule has 2 aromatic rings. The summed E-state index contributed by atoms with van der Waals surface area (Å²) >= 11 is 6.12. The fraction of sp³-hybridized carbons (Fsp3) is 0.500. The summed E-state index contributed by atoms with van der Waals surface area (Å²) in [7, 11) is 1.80. The second kappa shape index (κ2) is 7.69. The number of hydrogen-bond donors (Lipinski definition) is 2. The van der Waals surface area contributed by atoms with E-state index in [4.69, 9.17) is 11.6 Å². The van der Waals surface area contributed by atoms with Gasteiger partial charge in [0.1, 0.15) is 12.0 Å². The van der Waals surface area contributed by atoms with Gasteiger partial charge in [0.25, 0.3) is 0 Å². The van der Waals surface area contributed by atoms with Crippen molar-refractivity contribution in [2.45, 2.75) is 26.3 Å². The molecule has 0 saturated carbocycles. The van der Waals surface area contributed by atoms with Gasteiger partial charge in [0.2, 0.25) is 5.91 Å². The molecule has 1 aliphatic heterocycles. The first kappa shape index (κ1) is 17.5. The minimum Gasteiger partial charge on any atom is -0.383 e. The molecule has 0 bridgehead atoms. The van der Waals surface area contributed by atoms with Crippen LogP contribution >= 0.6 is 11.6 Å². The third-order valence-electron chi connectivity index (χ3n) is 4.42. The lowest BCUT2D eigenvalue weighted by molar-refractivity contribution is -0.120. The van der Waals surface area contributed by atoms with Gasteiger partial charge in [0.05, 0.1) is 11.9 Å². The standard InChI is InChI=1S/C16H22ClN7O/c1-3-24-9-12(8-21-24)22-16(25)11-4-6-23(7-5-11)15-13(18-2)14(17)19-10-20-15/h8-11,18H,3-7H2,1-2H3,(H,22,25). The highest BCUT2D eigenvalue weighted by atomic mass is 35.5. The summed E-state index contributed by atoms with van der Waals surface area (Å²) in [5.41, 5.74) is 1.47. The Morgan fingerprint density at radius 2 is 2.12 bits per heavy atom. The Morgan fingerprint density at radius 1 is 1.36 bits per heavy atom. The number of nitrogens with zero attached hydrogens (tertiary/aromatic N) is 5. The van der Waals surface area contributed by atoms with Gasteiger partial charge in [-0.1, -0.05) is 11.6 Å². The maximum Gasteiger partial charge on any atom is 0.227 e. The molecule has 0 aliphatic carbocycles. The lowest BCUT2D eigenvalue weighted by Crippen LogP contribution is -2.38. The van der Waals surface area contributed by atoms with Crippen molar-refractivity contribution in [3.8, 4) is 0 Å². The van der Waals surface area contributed by atoms with Crippen molar-refractivity contribution >= 4 is 34.7 Å². The molecule has 0 aromatic carbocycles. The van der Waals surface area contributed by atoms with Crippen LogP contribution in [0.1, 0.15) is 19.8 Å². The number of halogens is 1. The molecule has 1 amide bonds. The third kappa shape index (κ3) is 3.84. The lowest BCUT2D eigenvalue weighted by atomic mass is 9.96. The molecule has 2 N–H and O–H groups in total. The van der Waals surface area contributed by atoms with E-state index >= 15 is 0 Å². The van der Waals surface area contributed by atoms with Crippen molar-refractivity contribution in [1.29, 1.82) is 0 Å². The van der Waals surface area contributed by atoms with Gasteiger partial charge in [-0.2, -0.15) is 5.10 Å². The zero-order chi connectivity index (χ0) is 17.8. The molecule has 134 valence electrons. The van der Waals surface area contributed by atoms with Crippen molar-refractivity contribution in [3.05, 3.63) is 23.9 Å². The molecule has 0 unspecified atom stereocenters. The van der Waals surface area contributed by atoms with E-state index in [9.17, 15) is 4.79 Å². The van der Waals surface area contributed by atoms with E-state index in [-0.39, 0.29) is 11.8 Å². The van der Waals surface area contributed by atoms with Crippen LogP contribution in [-0.4, -0.2) is 45.8 Å². The minimum atomic E-state index is -0.0171. The molecule has 0 radical (unpaired) electrons. The summed E-state index contributed by atoms with van der Waals surface area (Å²) in [6, 6.07) is 0. The first-order valence-corrected chi connectivity index (χ1v) is 8.76. The van der Waals surface area contributed by atoms with Gasteiger partial charge in [-0.25, -0.2) is 9.97 Å². The van der Waals surface area contributed by atoms with Crippen LogP contribution in [-0.2, 0) is 11.3 Å². The van der Waals surface area contributed by atoms with Crippen LogP contribution in [0, 0.1) is 5.92 Å². The summed E-state index contributed by atoms with van der Waals surface area (Å²) in [5.74, 6) is 0.812. The van der Waals surface area contributed by atoms with Gasteiger partial charge < -0.3 is 15.5 Å². The summed E-state index contributed by atoms with van der Waals surface area (Å²) in [6.07, 6.45) is 6.51. The van der Waals surface area contributed by atoms with Crippen molar-refractivity contribution in [2.24, 2.45) is 5.92 Å². The molecule has 8 nitrogen and oxygen atoms in total. The van der Waals surface area contributed by atoms with Crippen LogP contribution in [0.4, 0.5) is 17.2 Å². The van der Waals surface area contributed by atoms with Gasteiger partial charge in [0.15, 0.2) is 11.0 Å². The Balaban J connectivity index is 1.60. The SMILES string of the molecule is CCn1cc(NC(=O)C2CCN(c3ncnc(Cl)c3NC)CC2)cn1. The fourth-order valence-electron chi connectivity index (χ4n) is 3.01. The normalized spacial score (nSPS) is 15.2. The van der Waals surface area contributed by atoms with Crippen LogP contribution in [0.15, 0.2) is 18.7 Å². The Morgan fingerprint density at radius 3 is 2.76 bits per heavy atom. The summed E-state index contributed by atoms with van der Waals surface area (Å²) in [6.45, 7) is 4.28. The van der Waals surface area contributed by atoms with Crippen LogP contribution in [0.2, 0.25) is 5.15 Å². The number of nitrogens with one attached hydrogen (secondary N) is 2. The molecule has 9 heteroatoms. The zero-order valence-corrected chi connectivity index (χ0v) is 15.1. The quantitative estimate of drug-likeness (QED) is 0.792. The smallest absolute Gasteiger partial charge is 0.227 e. The van der Waals surface area contributed by atoms with E-state index < -0.39 is 0 Å². The summed E-state index contributed by atoms with van der Waals surface area (Å²) in [5, 5.41) is 10.6. The van der Waals surface area contributed by atoms with E-state index in [0.717, 1.165) is 49.7 Å². The number of rotatable bonds is 5. The first-order valence-electron chi connectivity index (χ1n) is 8.39. The molecule has 3 rings (SSSR count). The highest BCUT2D eigenvalue weighted by molar-refractivity contribution is 6.32. The predicted molar refractivity (Wildman–Crippen MR) is 98.1 cm³/mol. The maximum absolute atomic E-state index is 12.5. The summed E-state index contributed by atoms with van der Waals surface area (Å²) in [4.78, 5) is 22.9. The fourth-order valence-corrected chi connectivity index (χ4v) is 3.23. The summed E-state index contributed by atoms with van der Waals surface area (Å²) < 4.78 is 1.79. The van der Waals surface area contributed by atoms with Gasteiger partial charge in [0, 0.05) is 38.8 Å². The number of piperidine rings is 1. The monoisotopic (exact) mass is 363 g/mol. The average molecular weight is 364 g/mol. The van der Waals surface area contributed by atoms with Gasteiger partial charge in [-0.15, -0.1) is 0 Å². The highest BCUT2D eigenvalue weighted by Crippen LogP contribution is 2.31. The van der Waals surface area contributed by atoms with Gasteiger partial charge in [-0.3, -0.25) is 9.48 Å². The zero-order valence-electron chi connectivity index (χ0n) is 14.4. The van der Waals surface area contributed by atoms with Gasteiger partial charge in [-0.05, 0) is 19.8 Å². The van der Waals surface area contributed by atoms with Crippen molar-refractivity contribution in [3.63, 3.8) is 0 Å². The molecule has 1 fully saturated rings. The number of carbonyl (C=O) groups excluding carboxylic acids is 1. The molecule has 2 aromatic heterocycles. The number of hydrogen-bond acceptors (Lipinski definition) is 6. The number of aromatic nitrogens is 4. The van der Waals surface area contributed by atoms with Crippen molar-refractivity contribution < 1.29 is 4.79 Å². The largest absolute Gasteiger partial charge is 0.383 e. The Labute approximate surface area is 151 Å². The van der Waals surface area contributed by atoms with Gasteiger partial charge >= 0.3 is 0 Å². The average Bonchev–Trinajstić information content (AvgIpc) is 3.09. The minimum absolute atomic E-state index is 0.0171. The topological polar surface area (TPSA) is 88.0 Å². The maximum atomic E-state index is 12.5. The van der Waals surface area contributed by atoms with E-state index in [2.05, 4.69) is 30.6 Å². The van der Waals surface area contributed by atoms with Crippen LogP contribution in [0.3, 0.4) is 0 Å². The highest BCUT2D eigenvalue weighted by Gasteiger charge is 2.27. The Bertz CT molecular complexity index is 740. The number of anilines is 3. The van der Waals surface area contributed by atoms with Crippen molar-refractivity contribution in [1.82, 2.24) is 19.7 Å². The molecule has 0 spiro atoms.